The number of hydrogen-bond acceptors (Lipinski definition) is 7. The van der Waals surface area contributed by atoms with Crippen molar-refractivity contribution in [3.8, 4) is 11.5 Å². The molecule has 1 N–H and O–H groups in total. The number of rotatable bonds is 6. The molecule has 10 nitrogen and oxygen atoms in total. The lowest BCUT2D eigenvalue weighted by Crippen LogP contribution is -2.68. The molecule has 1 aromatic carbocycles. The van der Waals surface area contributed by atoms with Gasteiger partial charge in [-0.2, -0.15) is 0 Å². The van der Waals surface area contributed by atoms with Crippen LogP contribution >= 0.6 is 0 Å². The van der Waals surface area contributed by atoms with Crippen molar-refractivity contribution in [3.63, 3.8) is 0 Å². The Morgan fingerprint density at radius 3 is 2.73 bits per heavy atom. The monoisotopic (exact) mass is 504 g/mol. The van der Waals surface area contributed by atoms with Gasteiger partial charge in [0, 0.05) is 50.4 Å². The topological polar surface area (TPSA) is 110 Å². The van der Waals surface area contributed by atoms with Crippen molar-refractivity contribution in [1.29, 1.82) is 0 Å². The number of amides is 4. The maximum Gasteiger partial charge on any atom is 0.331 e. The van der Waals surface area contributed by atoms with Gasteiger partial charge in [0.25, 0.3) is 5.56 Å². The van der Waals surface area contributed by atoms with E-state index in [4.69, 9.17) is 9.47 Å². The Morgan fingerprint density at radius 1 is 1.05 bits per heavy atom. The maximum atomic E-state index is 13.9. The van der Waals surface area contributed by atoms with Crippen molar-refractivity contribution in [1.82, 2.24) is 19.7 Å². The summed E-state index contributed by atoms with van der Waals surface area (Å²) in [4.78, 5) is 55.7. The lowest BCUT2D eigenvalue weighted by atomic mass is 9.75. The fourth-order valence-electron chi connectivity index (χ4n) is 6.28. The first-order valence-electron chi connectivity index (χ1n) is 12.5. The van der Waals surface area contributed by atoms with E-state index >= 15 is 0 Å². The zero-order chi connectivity index (χ0) is 25.7. The number of pyridine rings is 1. The van der Waals surface area contributed by atoms with Crippen molar-refractivity contribution in [2.45, 2.75) is 25.3 Å². The second-order valence-corrected chi connectivity index (χ2v) is 10.3. The molecule has 0 unspecified atom stereocenters. The summed E-state index contributed by atoms with van der Waals surface area (Å²) in [6, 6.07) is 9.98. The highest BCUT2D eigenvalue weighted by Crippen LogP contribution is 2.40. The summed E-state index contributed by atoms with van der Waals surface area (Å²) < 4.78 is 12.8. The molecule has 0 spiro atoms. The van der Waals surface area contributed by atoms with Crippen LogP contribution in [0.5, 0.6) is 11.5 Å². The molecular formula is C27H28N4O6. The van der Waals surface area contributed by atoms with E-state index in [2.05, 4.69) is 16.8 Å². The Labute approximate surface area is 213 Å². The van der Waals surface area contributed by atoms with Gasteiger partial charge in [-0.15, -0.1) is 6.58 Å². The first kappa shape index (κ1) is 23.5. The van der Waals surface area contributed by atoms with Gasteiger partial charge in [-0.3, -0.25) is 24.6 Å². The predicted octanol–water partition coefficient (Wildman–Crippen LogP) is 1.49. The van der Waals surface area contributed by atoms with Gasteiger partial charge < -0.3 is 18.9 Å². The van der Waals surface area contributed by atoms with E-state index in [-0.39, 0.29) is 43.7 Å². The van der Waals surface area contributed by atoms with Crippen LogP contribution in [-0.4, -0.2) is 65.2 Å². The van der Waals surface area contributed by atoms with Crippen LogP contribution in [0.15, 0.2) is 53.8 Å². The van der Waals surface area contributed by atoms with E-state index < -0.39 is 23.3 Å². The van der Waals surface area contributed by atoms with Crippen molar-refractivity contribution in [3.05, 3.63) is 70.7 Å². The summed E-state index contributed by atoms with van der Waals surface area (Å²) in [5, 5.41) is 2.42. The number of barbiturate groups is 1. The number of carbonyl (C=O) groups excluding carboxylic acids is 3. The second-order valence-electron chi connectivity index (χ2n) is 10.3. The summed E-state index contributed by atoms with van der Waals surface area (Å²) >= 11 is 0. The molecule has 192 valence electrons. The number of carbonyl (C=O) groups is 3. The van der Waals surface area contributed by atoms with Crippen LogP contribution in [0, 0.1) is 11.3 Å². The number of ether oxygens (including phenoxy) is 2. The van der Waals surface area contributed by atoms with E-state index in [1.54, 1.807) is 24.3 Å². The number of nitrogens with zero attached hydrogens (tertiary/aromatic N) is 3. The molecule has 0 saturated carbocycles. The molecule has 0 radical (unpaired) electrons. The third-order valence-electron chi connectivity index (χ3n) is 7.86. The van der Waals surface area contributed by atoms with Gasteiger partial charge in [0.15, 0.2) is 11.5 Å². The average molecular weight is 505 g/mol. The van der Waals surface area contributed by atoms with Crippen LogP contribution in [0.25, 0.3) is 0 Å². The highest BCUT2D eigenvalue weighted by molar-refractivity contribution is 6.19. The molecule has 6 rings (SSSR count). The van der Waals surface area contributed by atoms with Gasteiger partial charge >= 0.3 is 6.03 Å². The Morgan fingerprint density at radius 2 is 1.89 bits per heavy atom. The number of fused-ring (bicyclic) bond motifs is 5. The number of benzene rings is 1. The third kappa shape index (κ3) is 3.92. The number of urea groups is 1. The largest absolute Gasteiger partial charge is 0.454 e. The molecule has 4 amide bonds. The van der Waals surface area contributed by atoms with E-state index in [9.17, 15) is 19.2 Å². The van der Waals surface area contributed by atoms with Crippen LogP contribution in [0.3, 0.4) is 0 Å². The van der Waals surface area contributed by atoms with E-state index in [1.165, 1.54) is 6.08 Å². The smallest absolute Gasteiger partial charge is 0.331 e. The second kappa shape index (κ2) is 8.88. The Balaban J connectivity index is 1.35. The van der Waals surface area contributed by atoms with Crippen molar-refractivity contribution in [2.24, 2.45) is 11.3 Å². The Hall–Kier alpha value is -3.92. The van der Waals surface area contributed by atoms with Gasteiger partial charge in [-0.1, -0.05) is 18.2 Å². The number of aromatic nitrogens is 1. The van der Waals surface area contributed by atoms with Crippen LogP contribution in [0.2, 0.25) is 0 Å². The lowest BCUT2D eigenvalue weighted by molar-refractivity contribution is -0.153. The predicted molar refractivity (Wildman–Crippen MR) is 132 cm³/mol. The van der Waals surface area contributed by atoms with Gasteiger partial charge in [0.1, 0.15) is 5.41 Å². The molecule has 2 fully saturated rings. The van der Waals surface area contributed by atoms with Gasteiger partial charge in [0.2, 0.25) is 18.6 Å². The molecule has 5 heterocycles. The third-order valence-corrected chi connectivity index (χ3v) is 7.86. The quantitative estimate of drug-likeness (QED) is 0.469. The summed E-state index contributed by atoms with van der Waals surface area (Å²) in [5.74, 6) is 0.376. The fraction of sp³-hybridized carbons (Fsp3) is 0.407. The molecule has 37 heavy (non-hydrogen) atoms. The number of likely N-dealkylation sites (tertiary alicyclic amines) is 1. The molecule has 4 aliphatic rings. The van der Waals surface area contributed by atoms with Gasteiger partial charge in [-0.05, 0) is 42.5 Å². The number of imide groups is 2. The first-order valence-corrected chi connectivity index (χ1v) is 12.5. The Kier molecular flexibility index (Phi) is 5.63. The zero-order valence-corrected chi connectivity index (χ0v) is 20.4. The van der Waals surface area contributed by atoms with Crippen molar-refractivity contribution < 1.29 is 23.9 Å². The highest BCUT2D eigenvalue weighted by Gasteiger charge is 2.55. The average Bonchev–Trinajstić information content (AvgIpc) is 3.34. The lowest BCUT2D eigenvalue weighted by Gasteiger charge is -2.47. The number of piperidine rings is 1. The van der Waals surface area contributed by atoms with E-state index in [0.717, 1.165) is 22.6 Å². The molecule has 1 aromatic heterocycles. The SMILES string of the molecule is C=CCN1C(=O)NC(=O)[C@@](Cc2ccc3c(c2)OCO3)(CN2C[C@H]3C[C@H](C2)c2cccc(=O)n2C3)C1=O. The van der Waals surface area contributed by atoms with Gasteiger partial charge in [0.05, 0.1) is 0 Å². The van der Waals surface area contributed by atoms with Crippen molar-refractivity contribution in [2.75, 3.05) is 33.0 Å². The molecule has 0 aliphatic carbocycles. The first-order chi connectivity index (χ1) is 17.9. The minimum Gasteiger partial charge on any atom is -0.454 e. The van der Waals surface area contributed by atoms with Gasteiger partial charge in [-0.25, -0.2) is 4.79 Å². The Bertz CT molecular complexity index is 1370. The summed E-state index contributed by atoms with van der Waals surface area (Å²) in [5.41, 5.74) is 0.198. The van der Waals surface area contributed by atoms with E-state index in [0.29, 0.717) is 31.1 Å². The molecule has 2 saturated heterocycles. The summed E-state index contributed by atoms with van der Waals surface area (Å²) in [6.07, 6.45) is 2.52. The molecule has 4 aliphatic heterocycles. The van der Waals surface area contributed by atoms with Crippen LogP contribution in [-0.2, 0) is 22.6 Å². The molecular weight excluding hydrogens is 476 g/mol. The molecule has 2 aromatic rings. The molecule has 2 bridgehead atoms. The van der Waals surface area contributed by atoms with Crippen molar-refractivity contribution >= 4 is 17.8 Å². The van der Waals surface area contributed by atoms with Crippen LogP contribution < -0.4 is 20.3 Å². The summed E-state index contributed by atoms with van der Waals surface area (Å²) in [7, 11) is 0. The fourth-order valence-corrected chi connectivity index (χ4v) is 6.28. The summed E-state index contributed by atoms with van der Waals surface area (Å²) in [6.45, 7) is 5.81. The standard InChI is InChI=1S/C27H28N4O6/c1-2-8-30-25(34)27(24(33)28-26(30)35,11-17-6-7-21-22(10-17)37-16-36-21)15-29-12-18-9-19(14-29)20-4-3-5-23(32)31(20)13-18/h2-7,10,18-19H,1,8-9,11-16H2,(H,28,33,35)/t18-,19-,27-/m1/s1. The number of hydrogen-bond donors (Lipinski definition) is 1. The maximum absolute atomic E-state index is 13.9. The number of nitrogens with one attached hydrogen (secondary N) is 1. The zero-order valence-electron chi connectivity index (χ0n) is 20.4. The minimum atomic E-state index is -1.52. The normalized spacial score (nSPS) is 26.6. The van der Waals surface area contributed by atoms with Crippen LogP contribution in [0.4, 0.5) is 4.79 Å². The highest BCUT2D eigenvalue weighted by atomic mass is 16.7. The van der Waals surface area contributed by atoms with E-state index in [1.807, 2.05) is 16.7 Å². The molecule has 3 atom stereocenters. The minimum absolute atomic E-state index is 0.000318. The van der Waals surface area contributed by atoms with Crippen LogP contribution in [0.1, 0.15) is 23.6 Å². The molecule has 10 heteroatoms.